The first-order chi connectivity index (χ1) is 14.8. The first-order valence-corrected chi connectivity index (χ1v) is 10.8. The molecule has 1 aliphatic heterocycles. The summed E-state index contributed by atoms with van der Waals surface area (Å²) < 4.78 is 6.39. The van der Waals surface area contributed by atoms with Crippen LogP contribution in [0.4, 0.5) is 0 Å². The third kappa shape index (κ3) is 4.20. The number of aliphatic hydroxyl groups excluding tert-OH is 1. The Kier molecular flexibility index (Phi) is 6.63. The molecular formula is C27H31NO2. The van der Waals surface area contributed by atoms with Gasteiger partial charge in [-0.25, -0.2) is 0 Å². The van der Waals surface area contributed by atoms with Crippen molar-refractivity contribution in [3.63, 3.8) is 0 Å². The zero-order chi connectivity index (χ0) is 20.8. The molecule has 1 heterocycles. The van der Waals surface area contributed by atoms with Crippen molar-refractivity contribution in [3.05, 3.63) is 107 Å². The van der Waals surface area contributed by atoms with Gasteiger partial charge in [-0.05, 0) is 54.1 Å². The smallest absolute Gasteiger partial charge is 0.121 e. The number of benzene rings is 3. The van der Waals surface area contributed by atoms with Crippen LogP contribution in [0.1, 0.15) is 35.1 Å². The van der Waals surface area contributed by atoms with Crippen LogP contribution >= 0.6 is 0 Å². The zero-order valence-electron chi connectivity index (χ0n) is 17.7. The summed E-state index contributed by atoms with van der Waals surface area (Å²) in [7, 11) is 1.86. The lowest BCUT2D eigenvalue weighted by atomic mass is 9.71. The number of aliphatic hydroxyl groups is 1. The Morgan fingerprint density at radius 1 is 0.800 bits per heavy atom. The summed E-state index contributed by atoms with van der Waals surface area (Å²) in [4.78, 5) is 2.53. The Labute approximate surface area is 179 Å². The summed E-state index contributed by atoms with van der Waals surface area (Å²) in [5.74, 6) is 0.417. The van der Waals surface area contributed by atoms with E-state index in [1.807, 2.05) is 19.2 Å². The van der Waals surface area contributed by atoms with Gasteiger partial charge in [-0.2, -0.15) is 0 Å². The fraction of sp³-hybridized carbons (Fsp3) is 0.333. The topological polar surface area (TPSA) is 32.7 Å². The maximum atomic E-state index is 9.24. The Morgan fingerprint density at radius 3 is 1.77 bits per heavy atom. The van der Waals surface area contributed by atoms with Gasteiger partial charge in [0.05, 0.1) is 6.61 Å². The van der Waals surface area contributed by atoms with Crippen molar-refractivity contribution in [1.82, 2.24) is 4.90 Å². The van der Waals surface area contributed by atoms with Crippen molar-refractivity contribution in [2.24, 2.45) is 5.92 Å². The van der Waals surface area contributed by atoms with Crippen molar-refractivity contribution in [1.29, 1.82) is 0 Å². The molecule has 0 spiro atoms. The molecule has 156 valence electrons. The second-order valence-electron chi connectivity index (χ2n) is 8.20. The molecule has 0 unspecified atom stereocenters. The second kappa shape index (κ2) is 9.57. The van der Waals surface area contributed by atoms with Gasteiger partial charge in [-0.15, -0.1) is 0 Å². The lowest BCUT2D eigenvalue weighted by molar-refractivity contribution is -0.0514. The molecule has 0 aromatic heterocycles. The highest BCUT2D eigenvalue weighted by Crippen LogP contribution is 2.44. The monoisotopic (exact) mass is 401 g/mol. The van der Waals surface area contributed by atoms with Crippen molar-refractivity contribution >= 4 is 0 Å². The minimum atomic E-state index is -0.419. The number of rotatable bonds is 7. The van der Waals surface area contributed by atoms with E-state index in [9.17, 15) is 5.11 Å². The Balaban J connectivity index is 1.53. The number of methoxy groups -OCH3 is 1. The van der Waals surface area contributed by atoms with E-state index in [0.717, 1.165) is 38.0 Å². The summed E-state index contributed by atoms with van der Waals surface area (Å²) in [6.45, 7) is 3.16. The molecule has 3 aromatic rings. The SMILES string of the molecule is COC(c1ccccc1)(c1ccccc1)C1CCN(Cc2ccc(CO)cc2)CC1. The number of nitrogens with zero attached hydrogens (tertiary/aromatic N) is 1. The van der Waals surface area contributed by atoms with Gasteiger partial charge in [0.2, 0.25) is 0 Å². The summed E-state index contributed by atoms with van der Waals surface area (Å²) in [6.07, 6.45) is 2.18. The van der Waals surface area contributed by atoms with E-state index in [1.54, 1.807) is 0 Å². The highest BCUT2D eigenvalue weighted by Gasteiger charge is 2.43. The summed E-state index contributed by atoms with van der Waals surface area (Å²) in [5.41, 5.74) is 4.31. The molecule has 1 aliphatic rings. The van der Waals surface area contributed by atoms with Crippen molar-refractivity contribution < 1.29 is 9.84 Å². The van der Waals surface area contributed by atoms with Gasteiger partial charge in [0, 0.05) is 13.7 Å². The van der Waals surface area contributed by atoms with E-state index in [4.69, 9.17) is 4.74 Å². The molecule has 0 saturated carbocycles. The highest BCUT2D eigenvalue weighted by atomic mass is 16.5. The van der Waals surface area contributed by atoms with E-state index >= 15 is 0 Å². The van der Waals surface area contributed by atoms with Crippen molar-refractivity contribution in [3.8, 4) is 0 Å². The van der Waals surface area contributed by atoms with Crippen LogP contribution in [0.2, 0.25) is 0 Å². The second-order valence-corrected chi connectivity index (χ2v) is 8.20. The predicted molar refractivity (Wildman–Crippen MR) is 121 cm³/mol. The third-order valence-electron chi connectivity index (χ3n) is 6.50. The van der Waals surface area contributed by atoms with Crippen molar-refractivity contribution in [2.75, 3.05) is 20.2 Å². The van der Waals surface area contributed by atoms with Crippen LogP contribution in [0.3, 0.4) is 0 Å². The van der Waals surface area contributed by atoms with Gasteiger partial charge in [0.15, 0.2) is 0 Å². The normalized spacial score (nSPS) is 15.9. The van der Waals surface area contributed by atoms with Gasteiger partial charge >= 0.3 is 0 Å². The van der Waals surface area contributed by atoms with Crippen LogP contribution in [-0.2, 0) is 23.5 Å². The number of ether oxygens (including phenoxy) is 1. The standard InChI is InChI=1S/C27H31NO2/c1-30-27(24-8-4-2-5-9-24,25-10-6-3-7-11-25)26-16-18-28(19-17-26)20-22-12-14-23(21-29)15-13-22/h2-15,26,29H,16-21H2,1H3. The van der Waals surface area contributed by atoms with Crippen LogP contribution in [-0.4, -0.2) is 30.2 Å². The molecule has 1 fully saturated rings. The average Bonchev–Trinajstić information content (AvgIpc) is 2.83. The number of likely N-dealkylation sites (tertiary alicyclic amines) is 1. The largest absolute Gasteiger partial charge is 0.392 e. The fourth-order valence-electron chi connectivity index (χ4n) is 4.92. The van der Waals surface area contributed by atoms with Gasteiger partial charge in [0.1, 0.15) is 5.60 Å². The van der Waals surface area contributed by atoms with E-state index in [1.165, 1.54) is 16.7 Å². The van der Waals surface area contributed by atoms with Crippen LogP contribution in [0, 0.1) is 5.92 Å². The average molecular weight is 402 g/mol. The number of hydrogen-bond acceptors (Lipinski definition) is 3. The molecule has 0 atom stereocenters. The highest BCUT2D eigenvalue weighted by molar-refractivity contribution is 5.38. The number of hydrogen-bond donors (Lipinski definition) is 1. The summed E-state index contributed by atoms with van der Waals surface area (Å²) >= 11 is 0. The molecule has 3 heteroatoms. The van der Waals surface area contributed by atoms with E-state index in [-0.39, 0.29) is 6.61 Å². The number of piperidine rings is 1. The van der Waals surface area contributed by atoms with Gasteiger partial charge in [-0.3, -0.25) is 4.90 Å². The molecule has 4 rings (SSSR count). The fourth-order valence-corrected chi connectivity index (χ4v) is 4.92. The molecule has 0 bridgehead atoms. The first-order valence-electron chi connectivity index (χ1n) is 10.8. The molecule has 1 N–H and O–H groups in total. The van der Waals surface area contributed by atoms with Crippen LogP contribution in [0.25, 0.3) is 0 Å². The predicted octanol–water partition coefficient (Wildman–Crippen LogP) is 4.98. The lowest BCUT2D eigenvalue weighted by Crippen LogP contribution is -2.45. The van der Waals surface area contributed by atoms with Crippen LogP contribution in [0.15, 0.2) is 84.9 Å². The summed E-state index contributed by atoms with van der Waals surface area (Å²) in [5, 5.41) is 9.24. The quantitative estimate of drug-likeness (QED) is 0.606. The maximum Gasteiger partial charge on any atom is 0.121 e. The van der Waals surface area contributed by atoms with Gasteiger partial charge in [0.25, 0.3) is 0 Å². The van der Waals surface area contributed by atoms with E-state index < -0.39 is 5.60 Å². The minimum Gasteiger partial charge on any atom is -0.392 e. The Hall–Kier alpha value is -2.46. The Morgan fingerprint density at radius 2 is 1.30 bits per heavy atom. The molecule has 1 saturated heterocycles. The maximum absolute atomic E-state index is 9.24. The van der Waals surface area contributed by atoms with E-state index in [2.05, 4.69) is 77.7 Å². The van der Waals surface area contributed by atoms with Crippen LogP contribution < -0.4 is 0 Å². The Bertz CT molecular complexity index is 861. The molecule has 0 radical (unpaired) electrons. The first kappa shape index (κ1) is 20.8. The van der Waals surface area contributed by atoms with Gasteiger partial charge < -0.3 is 9.84 Å². The molecular weight excluding hydrogens is 370 g/mol. The summed E-state index contributed by atoms with van der Waals surface area (Å²) in [6, 6.07) is 29.7. The zero-order valence-corrected chi connectivity index (χ0v) is 17.7. The third-order valence-corrected chi connectivity index (χ3v) is 6.50. The lowest BCUT2D eigenvalue weighted by Gasteiger charge is -2.44. The molecule has 30 heavy (non-hydrogen) atoms. The minimum absolute atomic E-state index is 0.101. The molecule has 3 nitrogen and oxygen atoms in total. The van der Waals surface area contributed by atoms with Crippen molar-refractivity contribution in [2.45, 2.75) is 31.6 Å². The molecule has 0 aliphatic carbocycles. The van der Waals surface area contributed by atoms with Gasteiger partial charge in [-0.1, -0.05) is 84.9 Å². The molecule has 0 amide bonds. The molecule has 3 aromatic carbocycles. The van der Waals surface area contributed by atoms with E-state index in [0.29, 0.717) is 5.92 Å². The van der Waals surface area contributed by atoms with Crippen LogP contribution in [0.5, 0.6) is 0 Å².